The van der Waals surface area contributed by atoms with E-state index in [9.17, 15) is 9.59 Å². The number of methoxy groups -OCH3 is 1. The molecule has 10 heteroatoms. The molecule has 0 bridgehead atoms. The predicted molar refractivity (Wildman–Crippen MR) is 117 cm³/mol. The number of hydrogen-bond acceptors (Lipinski definition) is 6. The zero-order valence-corrected chi connectivity index (χ0v) is 17.6. The lowest BCUT2D eigenvalue weighted by Gasteiger charge is -2.16. The van der Waals surface area contributed by atoms with Crippen LogP contribution in [0.5, 0.6) is 11.5 Å². The predicted octanol–water partition coefficient (Wildman–Crippen LogP) is 4.02. The summed E-state index contributed by atoms with van der Waals surface area (Å²) in [4.78, 5) is 29.9. The average Bonchev–Trinajstić information content (AvgIpc) is 2.70. The highest BCUT2D eigenvalue weighted by Gasteiger charge is 2.16. The molecule has 0 saturated carbocycles. The minimum Gasteiger partial charge on any atom is -0.493 e. The van der Waals surface area contributed by atoms with Crippen LogP contribution in [0.1, 0.15) is 19.3 Å². The third-order valence-electron chi connectivity index (χ3n) is 4.33. The Morgan fingerprint density at radius 1 is 1.23 bits per heavy atom. The van der Waals surface area contributed by atoms with Gasteiger partial charge in [-0.2, -0.15) is 0 Å². The van der Waals surface area contributed by atoms with Crippen LogP contribution in [0.15, 0.2) is 35.4 Å². The average molecular weight is 451 g/mol. The molecule has 0 radical (unpaired) electrons. The molecular weight excluding hydrogens is 431 g/mol. The summed E-state index contributed by atoms with van der Waals surface area (Å²) in [5.74, 6) is 0.498. The first kappa shape index (κ1) is 21.7. The summed E-state index contributed by atoms with van der Waals surface area (Å²) in [5, 5.41) is 4.41. The fourth-order valence-electron chi connectivity index (χ4n) is 2.93. The lowest BCUT2D eigenvalue weighted by molar-refractivity contribution is -0.118. The number of nitrogens with two attached hydrogens (primary N) is 1. The molecule has 3 rings (SSSR count). The number of nitrogens with zero attached hydrogens (tertiary/aromatic N) is 1. The summed E-state index contributed by atoms with van der Waals surface area (Å²) in [5.41, 5.74) is 6.19. The number of nitrogens with one attached hydrogen (secondary N) is 2. The van der Waals surface area contributed by atoms with Gasteiger partial charge < -0.3 is 25.5 Å². The molecule has 30 heavy (non-hydrogen) atoms. The van der Waals surface area contributed by atoms with E-state index in [4.69, 9.17) is 38.4 Å². The number of amides is 1. The van der Waals surface area contributed by atoms with Gasteiger partial charge in [0.2, 0.25) is 5.91 Å². The number of rotatable bonds is 9. The highest BCUT2D eigenvalue weighted by molar-refractivity contribution is 6.39. The van der Waals surface area contributed by atoms with Crippen molar-refractivity contribution in [1.82, 2.24) is 9.97 Å². The largest absolute Gasteiger partial charge is 0.493 e. The first-order valence-corrected chi connectivity index (χ1v) is 9.87. The number of benzene rings is 1. The van der Waals surface area contributed by atoms with E-state index < -0.39 is 0 Å². The molecule has 8 nitrogen and oxygen atoms in total. The van der Waals surface area contributed by atoms with Crippen molar-refractivity contribution in [1.29, 1.82) is 0 Å². The van der Waals surface area contributed by atoms with Crippen LogP contribution in [0.4, 0.5) is 11.4 Å². The number of primary amides is 1. The van der Waals surface area contributed by atoms with Crippen LogP contribution < -0.4 is 26.1 Å². The molecule has 0 atom stereocenters. The van der Waals surface area contributed by atoms with Gasteiger partial charge in [-0.1, -0.05) is 23.2 Å². The Hall–Kier alpha value is -2.97. The molecular formula is C20H20Cl2N4O4. The van der Waals surface area contributed by atoms with Gasteiger partial charge in [0.1, 0.15) is 0 Å². The van der Waals surface area contributed by atoms with E-state index in [1.165, 1.54) is 25.6 Å². The Labute approximate surface area is 182 Å². The highest BCUT2D eigenvalue weighted by atomic mass is 35.5. The molecule has 2 aromatic heterocycles. The number of aromatic nitrogens is 2. The maximum Gasteiger partial charge on any atom is 0.250 e. The Bertz CT molecular complexity index is 1110. The number of H-pyrrole nitrogens is 1. The van der Waals surface area contributed by atoms with E-state index >= 15 is 0 Å². The van der Waals surface area contributed by atoms with E-state index in [0.717, 1.165) is 0 Å². The van der Waals surface area contributed by atoms with Crippen LogP contribution in [-0.4, -0.2) is 29.6 Å². The number of carbonyl (C=O) groups is 1. The van der Waals surface area contributed by atoms with Gasteiger partial charge in [0.05, 0.1) is 40.7 Å². The van der Waals surface area contributed by atoms with Crippen molar-refractivity contribution >= 4 is 51.4 Å². The Morgan fingerprint density at radius 2 is 1.97 bits per heavy atom. The van der Waals surface area contributed by atoms with E-state index in [1.54, 1.807) is 12.1 Å². The first-order valence-electron chi connectivity index (χ1n) is 9.12. The SMILES string of the molecule is COc1ccc2c(Nc3c(Cl)cncc3Cl)cc(=O)[nH]c2c1OCCCCC(N)=O. The smallest absolute Gasteiger partial charge is 0.250 e. The molecule has 0 spiro atoms. The van der Waals surface area contributed by atoms with Gasteiger partial charge in [-0.25, -0.2) is 0 Å². The van der Waals surface area contributed by atoms with Crippen molar-refractivity contribution in [3.8, 4) is 11.5 Å². The molecule has 3 aromatic rings. The zero-order chi connectivity index (χ0) is 21.7. The Morgan fingerprint density at radius 3 is 2.63 bits per heavy atom. The van der Waals surface area contributed by atoms with Crippen LogP contribution in [0.3, 0.4) is 0 Å². The van der Waals surface area contributed by atoms with E-state index in [-0.39, 0.29) is 17.9 Å². The number of anilines is 2. The summed E-state index contributed by atoms with van der Waals surface area (Å²) < 4.78 is 11.3. The number of fused-ring (bicyclic) bond motifs is 1. The van der Waals surface area contributed by atoms with E-state index in [1.807, 2.05) is 0 Å². The van der Waals surface area contributed by atoms with Crippen molar-refractivity contribution < 1.29 is 14.3 Å². The summed E-state index contributed by atoms with van der Waals surface area (Å²) in [6.07, 6.45) is 4.41. The number of pyridine rings is 2. The van der Waals surface area contributed by atoms with Gasteiger partial charge in [-0.15, -0.1) is 0 Å². The topological polar surface area (TPSA) is 119 Å². The summed E-state index contributed by atoms with van der Waals surface area (Å²) in [6, 6.07) is 4.92. The second kappa shape index (κ2) is 9.69. The van der Waals surface area contributed by atoms with Gasteiger partial charge in [0.15, 0.2) is 11.5 Å². The lowest BCUT2D eigenvalue weighted by atomic mass is 10.1. The van der Waals surface area contributed by atoms with Gasteiger partial charge in [-0.3, -0.25) is 14.6 Å². The van der Waals surface area contributed by atoms with Crippen LogP contribution >= 0.6 is 23.2 Å². The molecule has 1 aromatic carbocycles. The van der Waals surface area contributed by atoms with Gasteiger partial charge in [0, 0.05) is 30.3 Å². The second-order valence-electron chi connectivity index (χ2n) is 6.44. The maximum atomic E-state index is 12.3. The maximum absolute atomic E-state index is 12.3. The highest BCUT2D eigenvalue weighted by Crippen LogP contribution is 2.39. The van der Waals surface area contributed by atoms with Crippen molar-refractivity contribution in [2.24, 2.45) is 5.73 Å². The van der Waals surface area contributed by atoms with Crippen LogP contribution in [0, 0.1) is 0 Å². The molecule has 0 unspecified atom stereocenters. The van der Waals surface area contributed by atoms with Crippen molar-refractivity contribution in [3.63, 3.8) is 0 Å². The number of halogens is 2. The Kier molecular flexibility index (Phi) is 7.02. The molecule has 0 fully saturated rings. The van der Waals surface area contributed by atoms with Crippen molar-refractivity contribution in [2.45, 2.75) is 19.3 Å². The van der Waals surface area contributed by atoms with Crippen LogP contribution in [-0.2, 0) is 4.79 Å². The molecule has 158 valence electrons. The first-order chi connectivity index (χ1) is 14.4. The van der Waals surface area contributed by atoms with Crippen molar-refractivity contribution in [2.75, 3.05) is 19.0 Å². The third-order valence-corrected chi connectivity index (χ3v) is 4.91. The number of carbonyl (C=O) groups excluding carboxylic acids is 1. The number of aromatic amines is 1. The second-order valence-corrected chi connectivity index (χ2v) is 7.26. The monoisotopic (exact) mass is 450 g/mol. The van der Waals surface area contributed by atoms with Gasteiger partial charge in [0.25, 0.3) is 5.56 Å². The lowest BCUT2D eigenvalue weighted by Crippen LogP contribution is -2.11. The van der Waals surface area contributed by atoms with Crippen LogP contribution in [0.25, 0.3) is 10.9 Å². The van der Waals surface area contributed by atoms with E-state index in [0.29, 0.717) is 63.3 Å². The number of ether oxygens (including phenoxy) is 2. The number of hydrogen-bond donors (Lipinski definition) is 3. The molecule has 0 aliphatic carbocycles. The minimum absolute atomic E-state index is 0.286. The summed E-state index contributed by atoms with van der Waals surface area (Å²) >= 11 is 12.4. The molecule has 0 saturated heterocycles. The zero-order valence-electron chi connectivity index (χ0n) is 16.1. The fourth-order valence-corrected chi connectivity index (χ4v) is 3.39. The van der Waals surface area contributed by atoms with Gasteiger partial charge in [-0.05, 0) is 25.0 Å². The minimum atomic E-state index is -0.355. The standard InChI is InChI=1S/C20H20Cl2N4O4/c1-29-15-6-5-11-14(25-19-12(21)9-24-10-13(19)22)8-17(28)26-18(11)20(15)30-7-3-2-4-16(23)27/h5-6,8-10H,2-4,7H2,1H3,(H2,23,27)(H2,24,25,26,28). The molecule has 0 aliphatic heterocycles. The molecule has 4 N–H and O–H groups in total. The van der Waals surface area contributed by atoms with Crippen molar-refractivity contribution in [3.05, 3.63) is 51.0 Å². The molecule has 0 aliphatic rings. The van der Waals surface area contributed by atoms with Gasteiger partial charge >= 0.3 is 0 Å². The Balaban J connectivity index is 1.98. The summed E-state index contributed by atoms with van der Waals surface area (Å²) in [6.45, 7) is 0.324. The fraction of sp³-hybridized carbons (Fsp3) is 0.250. The van der Waals surface area contributed by atoms with E-state index in [2.05, 4.69) is 15.3 Å². The summed E-state index contributed by atoms with van der Waals surface area (Å²) in [7, 11) is 1.51. The quantitative estimate of drug-likeness (QED) is 0.423. The molecule has 2 heterocycles. The molecule has 1 amide bonds. The third kappa shape index (κ3) is 4.95. The van der Waals surface area contributed by atoms with Crippen LogP contribution in [0.2, 0.25) is 10.0 Å². The normalized spacial score (nSPS) is 10.8. The number of unbranched alkanes of at least 4 members (excludes halogenated alkanes) is 1.